The summed E-state index contributed by atoms with van der Waals surface area (Å²) in [6, 6.07) is -0.421. The molecule has 2 radical (unpaired) electrons. The zero-order valence-electron chi connectivity index (χ0n) is 17.1. The molecule has 4 aliphatic rings. The molecular formula is C20H28BF2N5O2. The van der Waals surface area contributed by atoms with Gasteiger partial charge in [0.25, 0.3) is 5.92 Å². The van der Waals surface area contributed by atoms with Crippen LogP contribution >= 0.6 is 0 Å². The van der Waals surface area contributed by atoms with Crippen LogP contribution in [0.2, 0.25) is 0 Å². The summed E-state index contributed by atoms with van der Waals surface area (Å²) in [6.07, 6.45) is 5.26. The number of likely N-dealkylation sites (tertiary alicyclic amines) is 2. The van der Waals surface area contributed by atoms with Gasteiger partial charge >= 0.3 is 0 Å². The maximum Gasteiger partial charge on any atom is 0.263 e. The fourth-order valence-electron chi connectivity index (χ4n) is 5.07. The predicted molar refractivity (Wildman–Crippen MR) is 109 cm³/mol. The molecule has 2 atom stereocenters. The Morgan fingerprint density at radius 2 is 1.97 bits per heavy atom. The third-order valence-electron chi connectivity index (χ3n) is 6.78. The third kappa shape index (κ3) is 4.53. The number of amides is 2. The van der Waals surface area contributed by atoms with Crippen LogP contribution in [-0.4, -0.2) is 79.9 Å². The van der Waals surface area contributed by atoms with Crippen molar-refractivity contribution < 1.29 is 18.4 Å². The summed E-state index contributed by atoms with van der Waals surface area (Å²) < 4.78 is 29.2. The number of carbonyl (C=O) groups is 2. The van der Waals surface area contributed by atoms with Gasteiger partial charge in [0.1, 0.15) is 11.9 Å². The Labute approximate surface area is 176 Å². The molecule has 2 N–H and O–H groups in total. The highest BCUT2D eigenvalue weighted by molar-refractivity contribution is 6.08. The number of hydrogen-bond donors (Lipinski definition) is 2. The molecule has 30 heavy (non-hydrogen) atoms. The molecule has 162 valence electrons. The van der Waals surface area contributed by atoms with Crippen molar-refractivity contribution in [2.24, 2.45) is 16.8 Å². The molecule has 4 aliphatic heterocycles. The van der Waals surface area contributed by atoms with Crippen LogP contribution < -0.4 is 10.6 Å². The summed E-state index contributed by atoms with van der Waals surface area (Å²) in [5.74, 6) is -2.87. The van der Waals surface area contributed by atoms with Gasteiger partial charge in [0.15, 0.2) is 0 Å². The summed E-state index contributed by atoms with van der Waals surface area (Å²) >= 11 is 0. The lowest BCUT2D eigenvalue weighted by molar-refractivity contribution is -0.134. The number of carbonyl (C=O) groups excluding carboxylic acids is 2. The molecule has 7 nitrogen and oxygen atoms in total. The topological polar surface area (TPSA) is 77.0 Å². The maximum absolute atomic E-state index is 14.6. The first kappa shape index (κ1) is 21.3. The van der Waals surface area contributed by atoms with Crippen molar-refractivity contribution in [1.82, 2.24) is 20.4 Å². The average Bonchev–Trinajstić information content (AvgIpc) is 3.18. The third-order valence-corrected chi connectivity index (χ3v) is 6.78. The van der Waals surface area contributed by atoms with Crippen LogP contribution in [0.4, 0.5) is 8.78 Å². The minimum atomic E-state index is -2.68. The Kier molecular flexibility index (Phi) is 6.13. The lowest BCUT2D eigenvalue weighted by Gasteiger charge is -2.44. The molecule has 4 rings (SSSR count). The van der Waals surface area contributed by atoms with E-state index in [1.807, 2.05) is 0 Å². The van der Waals surface area contributed by atoms with Crippen molar-refractivity contribution in [1.29, 1.82) is 0 Å². The van der Waals surface area contributed by atoms with Gasteiger partial charge in [-0.3, -0.25) is 14.9 Å². The number of nitrogens with one attached hydrogen (secondary N) is 2. The molecule has 10 heteroatoms. The van der Waals surface area contributed by atoms with Crippen LogP contribution in [0.15, 0.2) is 16.9 Å². The van der Waals surface area contributed by atoms with E-state index in [0.717, 1.165) is 37.5 Å². The lowest BCUT2D eigenvalue weighted by Crippen LogP contribution is -2.53. The Balaban J connectivity index is 1.25. The number of rotatable bonds is 4. The van der Waals surface area contributed by atoms with E-state index in [1.165, 1.54) is 0 Å². The Morgan fingerprint density at radius 3 is 2.63 bits per heavy atom. The second kappa shape index (κ2) is 8.65. The average molecular weight is 419 g/mol. The number of hydrogen-bond acceptors (Lipinski definition) is 6. The summed E-state index contributed by atoms with van der Waals surface area (Å²) in [4.78, 5) is 31.5. The molecule has 0 saturated carbocycles. The summed E-state index contributed by atoms with van der Waals surface area (Å²) in [5.41, 5.74) is 0.849. The zero-order chi connectivity index (χ0) is 21.3. The second-order valence-corrected chi connectivity index (χ2v) is 8.74. The van der Waals surface area contributed by atoms with Gasteiger partial charge < -0.3 is 15.1 Å². The van der Waals surface area contributed by atoms with Crippen LogP contribution in [0, 0.1) is 11.8 Å². The first-order valence-electron chi connectivity index (χ1n) is 10.8. The molecule has 2 unspecified atom stereocenters. The highest BCUT2D eigenvalue weighted by Gasteiger charge is 2.48. The fourth-order valence-corrected chi connectivity index (χ4v) is 5.07. The van der Waals surface area contributed by atoms with Gasteiger partial charge in [-0.1, -0.05) is 0 Å². The van der Waals surface area contributed by atoms with E-state index in [-0.39, 0.29) is 30.7 Å². The minimum Gasteiger partial charge on any atom is -0.375 e. The van der Waals surface area contributed by atoms with Gasteiger partial charge in [-0.05, 0) is 44.6 Å². The Bertz CT molecular complexity index is 751. The van der Waals surface area contributed by atoms with Crippen LogP contribution in [0.25, 0.3) is 0 Å². The molecule has 0 aromatic rings. The van der Waals surface area contributed by atoms with Crippen molar-refractivity contribution in [3.8, 4) is 0 Å². The highest BCUT2D eigenvalue weighted by atomic mass is 19.3. The standard InChI is InChI=1S/C20H28BF2N5O2/c21-12-27-6-5-15(20(22,23)11-27)13-3-7-28(8-4-13)17-9-14(10-24-17)25-16-1-2-18(29)26-19(16)30/h10,13,15-16,25H,1-9,11-12H2,(H,26,29,30). The molecule has 0 aromatic heterocycles. The minimum absolute atomic E-state index is 0.0206. The van der Waals surface area contributed by atoms with Crippen LogP contribution in [0.5, 0.6) is 0 Å². The first-order valence-corrected chi connectivity index (χ1v) is 10.8. The highest BCUT2D eigenvalue weighted by Crippen LogP contribution is 2.41. The second-order valence-electron chi connectivity index (χ2n) is 8.74. The van der Waals surface area contributed by atoms with Gasteiger partial charge in [0, 0.05) is 43.7 Å². The number of aliphatic imine (C=N–C) groups is 1. The number of piperidine rings is 3. The Morgan fingerprint density at radius 1 is 1.20 bits per heavy atom. The normalized spacial score (nSPS) is 30.7. The molecular weight excluding hydrogens is 391 g/mol. The SMILES string of the molecule is [B]CN1CCC(C2CCN(C3=NC=C(NC4CCC(=O)NC4=O)C3)CC2)C(F)(F)C1. The van der Waals surface area contributed by atoms with Crippen LogP contribution in [0.1, 0.15) is 38.5 Å². The Hall–Kier alpha value is -1.97. The van der Waals surface area contributed by atoms with E-state index in [0.29, 0.717) is 32.2 Å². The predicted octanol–water partition coefficient (Wildman–Crippen LogP) is 0.820. The van der Waals surface area contributed by atoms with Crippen molar-refractivity contribution in [3.05, 3.63) is 11.9 Å². The van der Waals surface area contributed by atoms with E-state index >= 15 is 0 Å². The number of imide groups is 1. The summed E-state index contributed by atoms with van der Waals surface area (Å²) in [7, 11) is 5.55. The van der Waals surface area contributed by atoms with Crippen LogP contribution in [0.3, 0.4) is 0 Å². The lowest BCUT2D eigenvalue weighted by atomic mass is 9.76. The monoisotopic (exact) mass is 419 g/mol. The molecule has 0 bridgehead atoms. The van der Waals surface area contributed by atoms with Gasteiger partial charge in [-0.15, -0.1) is 0 Å². The number of amidine groups is 1. The molecule has 2 amide bonds. The van der Waals surface area contributed by atoms with Crippen molar-refractivity contribution in [3.63, 3.8) is 0 Å². The zero-order valence-corrected chi connectivity index (χ0v) is 17.1. The van der Waals surface area contributed by atoms with Crippen molar-refractivity contribution in [2.45, 2.75) is 50.5 Å². The molecule has 3 fully saturated rings. The summed E-state index contributed by atoms with van der Waals surface area (Å²) in [5, 5.41) is 5.52. The molecule has 4 heterocycles. The fraction of sp³-hybridized carbons (Fsp3) is 0.750. The summed E-state index contributed by atoms with van der Waals surface area (Å²) in [6.45, 7) is 1.84. The van der Waals surface area contributed by atoms with E-state index in [9.17, 15) is 18.4 Å². The molecule has 0 aromatic carbocycles. The van der Waals surface area contributed by atoms with E-state index < -0.39 is 17.9 Å². The maximum atomic E-state index is 14.6. The number of nitrogens with zero attached hydrogens (tertiary/aromatic N) is 3. The van der Waals surface area contributed by atoms with E-state index in [4.69, 9.17) is 7.85 Å². The van der Waals surface area contributed by atoms with E-state index in [2.05, 4.69) is 20.5 Å². The van der Waals surface area contributed by atoms with Gasteiger partial charge in [0.2, 0.25) is 11.8 Å². The van der Waals surface area contributed by atoms with Crippen LogP contribution in [-0.2, 0) is 9.59 Å². The van der Waals surface area contributed by atoms with E-state index in [1.54, 1.807) is 11.1 Å². The van der Waals surface area contributed by atoms with Gasteiger partial charge in [-0.2, -0.15) is 0 Å². The quantitative estimate of drug-likeness (QED) is 0.522. The van der Waals surface area contributed by atoms with Crippen molar-refractivity contribution >= 4 is 25.5 Å². The van der Waals surface area contributed by atoms with Crippen molar-refractivity contribution in [2.75, 3.05) is 32.6 Å². The largest absolute Gasteiger partial charge is 0.375 e. The van der Waals surface area contributed by atoms with Gasteiger partial charge in [-0.25, -0.2) is 13.8 Å². The molecule has 3 saturated heterocycles. The number of halogens is 2. The number of alkyl halides is 2. The first-order chi connectivity index (χ1) is 14.4. The molecule has 0 spiro atoms. The van der Waals surface area contributed by atoms with Gasteiger partial charge in [0.05, 0.1) is 14.4 Å². The molecule has 0 aliphatic carbocycles. The smallest absolute Gasteiger partial charge is 0.263 e.